The summed E-state index contributed by atoms with van der Waals surface area (Å²) < 4.78 is 0. The van der Waals surface area contributed by atoms with Gasteiger partial charge in [-0.1, -0.05) is 19.9 Å². The molecule has 0 amide bonds. The molecule has 94 valence electrons. The Balaban J connectivity index is 2.08. The smallest absolute Gasteiger partial charge is 0.0833 e. The summed E-state index contributed by atoms with van der Waals surface area (Å²) in [5, 5.41) is 10.4. The van der Waals surface area contributed by atoms with Crippen LogP contribution in [-0.2, 0) is 0 Å². The van der Waals surface area contributed by atoms with Crippen LogP contribution in [0.2, 0.25) is 0 Å². The highest BCUT2D eigenvalue weighted by atomic mass is 16.3. The van der Waals surface area contributed by atoms with Crippen LogP contribution < -0.4 is 0 Å². The number of aliphatic hydroxyl groups is 1. The molecular formula is C15H23NO. The third-order valence-electron chi connectivity index (χ3n) is 3.94. The van der Waals surface area contributed by atoms with Crippen LogP contribution in [0.5, 0.6) is 0 Å². The summed E-state index contributed by atoms with van der Waals surface area (Å²) in [5.41, 5.74) is 1.98. The van der Waals surface area contributed by atoms with Gasteiger partial charge < -0.3 is 5.11 Å². The van der Waals surface area contributed by atoms with Crippen LogP contribution in [0.25, 0.3) is 0 Å². The summed E-state index contributed by atoms with van der Waals surface area (Å²) in [6, 6.07) is 3.99. The van der Waals surface area contributed by atoms with Crippen LogP contribution in [0.15, 0.2) is 18.3 Å². The van der Waals surface area contributed by atoms with Gasteiger partial charge in [0.1, 0.15) is 0 Å². The number of aryl methyl sites for hydroxylation is 1. The molecule has 1 aromatic rings. The maximum absolute atomic E-state index is 10.4. The second-order valence-electron chi connectivity index (χ2n) is 5.86. The molecule has 3 atom stereocenters. The van der Waals surface area contributed by atoms with Gasteiger partial charge in [-0.25, -0.2) is 0 Å². The predicted molar refractivity (Wildman–Crippen MR) is 69.6 cm³/mol. The van der Waals surface area contributed by atoms with E-state index in [-0.39, 0.29) is 6.10 Å². The lowest BCUT2D eigenvalue weighted by Crippen LogP contribution is -2.24. The van der Waals surface area contributed by atoms with Crippen LogP contribution in [-0.4, -0.2) is 10.1 Å². The second kappa shape index (κ2) is 5.18. The van der Waals surface area contributed by atoms with Gasteiger partial charge in [0.25, 0.3) is 0 Å². The van der Waals surface area contributed by atoms with E-state index < -0.39 is 0 Å². The van der Waals surface area contributed by atoms with Crippen molar-refractivity contribution in [3.63, 3.8) is 0 Å². The summed E-state index contributed by atoms with van der Waals surface area (Å²) in [6.45, 7) is 6.56. The number of nitrogens with zero attached hydrogens (tertiary/aromatic N) is 1. The molecule has 2 heteroatoms. The number of aliphatic hydroxyl groups excluding tert-OH is 1. The first-order valence-corrected chi connectivity index (χ1v) is 6.67. The van der Waals surface area contributed by atoms with Crippen molar-refractivity contribution in [2.75, 3.05) is 0 Å². The lowest BCUT2D eigenvalue weighted by Gasteiger charge is -2.34. The van der Waals surface area contributed by atoms with Crippen molar-refractivity contribution in [2.24, 2.45) is 17.8 Å². The van der Waals surface area contributed by atoms with Gasteiger partial charge in [0, 0.05) is 11.9 Å². The molecule has 3 unspecified atom stereocenters. The van der Waals surface area contributed by atoms with E-state index in [1.54, 1.807) is 0 Å². The maximum Gasteiger partial charge on any atom is 0.0833 e. The Labute approximate surface area is 104 Å². The van der Waals surface area contributed by atoms with Crippen molar-refractivity contribution in [3.05, 3.63) is 29.6 Å². The average molecular weight is 233 g/mol. The van der Waals surface area contributed by atoms with Crippen LogP contribution in [0.3, 0.4) is 0 Å². The second-order valence-corrected chi connectivity index (χ2v) is 5.86. The van der Waals surface area contributed by atoms with E-state index in [9.17, 15) is 5.11 Å². The van der Waals surface area contributed by atoms with Gasteiger partial charge in [0.15, 0.2) is 0 Å². The van der Waals surface area contributed by atoms with Gasteiger partial charge in [0.05, 0.1) is 6.10 Å². The predicted octanol–water partition coefficient (Wildman–Crippen LogP) is 3.50. The molecule has 1 aliphatic carbocycles. The third kappa shape index (κ3) is 3.06. The molecule has 1 N–H and O–H groups in total. The first-order chi connectivity index (χ1) is 8.06. The zero-order chi connectivity index (χ0) is 12.4. The molecule has 0 radical (unpaired) electrons. The molecule has 1 aromatic heterocycles. The SMILES string of the molecule is Cc1ccc(C(O)C2CC(C)CC(C)C2)cn1. The molecule has 1 saturated carbocycles. The van der Waals surface area contributed by atoms with E-state index in [1.807, 2.05) is 25.3 Å². The Morgan fingerprint density at radius 2 is 1.82 bits per heavy atom. The minimum absolute atomic E-state index is 0.340. The van der Waals surface area contributed by atoms with Crippen molar-refractivity contribution in [3.8, 4) is 0 Å². The van der Waals surface area contributed by atoms with Crippen molar-refractivity contribution in [1.82, 2.24) is 4.98 Å². The van der Waals surface area contributed by atoms with Crippen LogP contribution in [0, 0.1) is 24.7 Å². The highest BCUT2D eigenvalue weighted by molar-refractivity contribution is 5.16. The quantitative estimate of drug-likeness (QED) is 0.848. The highest BCUT2D eigenvalue weighted by Crippen LogP contribution is 2.39. The van der Waals surface area contributed by atoms with E-state index in [4.69, 9.17) is 0 Å². The highest BCUT2D eigenvalue weighted by Gasteiger charge is 2.29. The molecule has 0 bridgehead atoms. The maximum atomic E-state index is 10.4. The van der Waals surface area contributed by atoms with Crippen molar-refractivity contribution >= 4 is 0 Å². The monoisotopic (exact) mass is 233 g/mol. The molecule has 1 fully saturated rings. The summed E-state index contributed by atoms with van der Waals surface area (Å²) in [4.78, 5) is 4.27. The first kappa shape index (κ1) is 12.6. The molecule has 17 heavy (non-hydrogen) atoms. The minimum Gasteiger partial charge on any atom is -0.388 e. The standard InChI is InChI=1S/C15H23NO/c1-10-6-11(2)8-14(7-10)15(17)13-5-4-12(3)16-9-13/h4-5,9-11,14-15,17H,6-8H2,1-3H3. The molecule has 2 rings (SSSR count). The third-order valence-corrected chi connectivity index (χ3v) is 3.94. The van der Waals surface area contributed by atoms with Crippen LogP contribution >= 0.6 is 0 Å². The van der Waals surface area contributed by atoms with E-state index in [0.29, 0.717) is 5.92 Å². The van der Waals surface area contributed by atoms with Crippen LogP contribution in [0.1, 0.15) is 50.5 Å². The topological polar surface area (TPSA) is 33.1 Å². The molecule has 0 spiro atoms. The summed E-state index contributed by atoms with van der Waals surface area (Å²) in [5.74, 6) is 1.87. The Hall–Kier alpha value is -0.890. The molecular weight excluding hydrogens is 210 g/mol. The number of hydrogen-bond donors (Lipinski definition) is 1. The molecule has 0 aromatic carbocycles. The fourth-order valence-electron chi connectivity index (χ4n) is 3.19. The van der Waals surface area contributed by atoms with E-state index in [0.717, 1.165) is 35.9 Å². The largest absolute Gasteiger partial charge is 0.388 e. The lowest BCUT2D eigenvalue weighted by atomic mass is 9.73. The first-order valence-electron chi connectivity index (χ1n) is 6.67. The van der Waals surface area contributed by atoms with E-state index >= 15 is 0 Å². The van der Waals surface area contributed by atoms with Gasteiger partial charge in [0.2, 0.25) is 0 Å². The Morgan fingerprint density at radius 3 is 2.35 bits per heavy atom. The number of pyridine rings is 1. The Bertz CT molecular complexity index is 350. The summed E-state index contributed by atoms with van der Waals surface area (Å²) >= 11 is 0. The molecule has 0 aliphatic heterocycles. The number of aromatic nitrogens is 1. The van der Waals surface area contributed by atoms with E-state index in [2.05, 4.69) is 18.8 Å². The minimum atomic E-state index is -0.340. The van der Waals surface area contributed by atoms with Gasteiger partial charge in [-0.3, -0.25) is 4.98 Å². The summed E-state index contributed by atoms with van der Waals surface area (Å²) in [6.07, 6.45) is 5.06. The zero-order valence-corrected chi connectivity index (χ0v) is 11.1. The number of rotatable bonds is 2. The average Bonchev–Trinajstić information content (AvgIpc) is 2.28. The lowest BCUT2D eigenvalue weighted by molar-refractivity contribution is 0.0549. The van der Waals surface area contributed by atoms with Gasteiger partial charge >= 0.3 is 0 Å². The molecule has 2 nitrogen and oxygen atoms in total. The van der Waals surface area contributed by atoms with Gasteiger partial charge in [-0.2, -0.15) is 0 Å². The molecule has 0 saturated heterocycles. The van der Waals surface area contributed by atoms with Gasteiger partial charge in [-0.05, 0) is 55.6 Å². The normalized spacial score (nSPS) is 31.2. The Morgan fingerprint density at radius 1 is 1.18 bits per heavy atom. The Kier molecular flexibility index (Phi) is 3.82. The molecule has 1 aliphatic rings. The summed E-state index contributed by atoms with van der Waals surface area (Å²) in [7, 11) is 0. The number of hydrogen-bond acceptors (Lipinski definition) is 2. The van der Waals surface area contributed by atoms with E-state index in [1.165, 1.54) is 6.42 Å². The fraction of sp³-hybridized carbons (Fsp3) is 0.667. The van der Waals surface area contributed by atoms with Crippen LogP contribution in [0.4, 0.5) is 0 Å². The fourth-order valence-corrected chi connectivity index (χ4v) is 3.19. The van der Waals surface area contributed by atoms with Crippen molar-refractivity contribution in [2.45, 2.75) is 46.1 Å². The van der Waals surface area contributed by atoms with Crippen molar-refractivity contribution in [1.29, 1.82) is 0 Å². The van der Waals surface area contributed by atoms with Gasteiger partial charge in [-0.15, -0.1) is 0 Å². The zero-order valence-electron chi connectivity index (χ0n) is 11.1. The molecule has 1 heterocycles. The van der Waals surface area contributed by atoms with Crippen molar-refractivity contribution < 1.29 is 5.11 Å².